The number of hydrogen-bond donors (Lipinski definition) is 0. The predicted molar refractivity (Wildman–Crippen MR) is 126 cm³/mol. The first-order valence-corrected chi connectivity index (χ1v) is 11.3. The standard InChI is InChI=1S/C25H20N4O3S/c1-16-7-11-18(12-8-16)29-22(17-9-13-19(32-2)14-10-17)26-27-25(29)33-15-28-23(30)20-5-3-4-6-21(20)24(28)31/h3-14H,15H2,1-2H3. The molecule has 33 heavy (non-hydrogen) atoms. The van der Waals surface area contributed by atoms with Crippen molar-refractivity contribution < 1.29 is 14.3 Å². The van der Waals surface area contributed by atoms with Crippen molar-refractivity contribution in [3.8, 4) is 22.8 Å². The highest BCUT2D eigenvalue weighted by Crippen LogP contribution is 2.31. The topological polar surface area (TPSA) is 77.3 Å². The van der Waals surface area contributed by atoms with Gasteiger partial charge in [0.15, 0.2) is 11.0 Å². The lowest BCUT2D eigenvalue weighted by Crippen LogP contribution is -2.29. The molecule has 0 spiro atoms. The van der Waals surface area contributed by atoms with Gasteiger partial charge in [0.2, 0.25) is 0 Å². The molecule has 0 saturated carbocycles. The summed E-state index contributed by atoms with van der Waals surface area (Å²) in [4.78, 5) is 26.7. The molecule has 5 rings (SSSR count). The van der Waals surface area contributed by atoms with E-state index in [4.69, 9.17) is 4.74 Å². The Balaban J connectivity index is 1.49. The molecule has 1 aliphatic heterocycles. The lowest BCUT2D eigenvalue weighted by Gasteiger charge is -2.14. The van der Waals surface area contributed by atoms with E-state index in [0.717, 1.165) is 22.6 Å². The molecule has 0 saturated heterocycles. The van der Waals surface area contributed by atoms with Gasteiger partial charge >= 0.3 is 0 Å². The van der Waals surface area contributed by atoms with Crippen LogP contribution in [0.4, 0.5) is 0 Å². The average molecular weight is 457 g/mol. The lowest BCUT2D eigenvalue weighted by molar-refractivity contribution is 0.0684. The molecule has 4 aromatic rings. The largest absolute Gasteiger partial charge is 0.497 e. The molecule has 0 atom stereocenters. The van der Waals surface area contributed by atoms with E-state index < -0.39 is 0 Å². The summed E-state index contributed by atoms with van der Waals surface area (Å²) in [6, 6.07) is 22.5. The van der Waals surface area contributed by atoms with E-state index in [1.165, 1.54) is 16.7 Å². The number of thioether (sulfide) groups is 1. The van der Waals surface area contributed by atoms with Crippen molar-refractivity contribution in [2.45, 2.75) is 12.1 Å². The summed E-state index contributed by atoms with van der Waals surface area (Å²) in [7, 11) is 1.62. The molecule has 0 bridgehead atoms. The summed E-state index contributed by atoms with van der Waals surface area (Å²) < 4.78 is 7.20. The first kappa shape index (κ1) is 21.0. The SMILES string of the molecule is COc1ccc(-c2nnc(SCN3C(=O)c4ccccc4C3=O)n2-c2ccc(C)cc2)cc1. The summed E-state index contributed by atoms with van der Waals surface area (Å²) >= 11 is 1.29. The Morgan fingerprint density at radius 3 is 2.09 bits per heavy atom. The van der Waals surface area contributed by atoms with Crippen molar-refractivity contribution in [2.24, 2.45) is 0 Å². The van der Waals surface area contributed by atoms with Crippen LogP contribution >= 0.6 is 11.8 Å². The number of methoxy groups -OCH3 is 1. The van der Waals surface area contributed by atoms with Gasteiger partial charge in [-0.1, -0.05) is 41.6 Å². The zero-order chi connectivity index (χ0) is 22.9. The first-order chi connectivity index (χ1) is 16.1. The molecule has 2 amide bonds. The van der Waals surface area contributed by atoms with Gasteiger partial charge in [-0.3, -0.25) is 19.1 Å². The molecule has 164 valence electrons. The Kier molecular flexibility index (Phi) is 5.43. The molecule has 3 aromatic carbocycles. The highest BCUT2D eigenvalue weighted by molar-refractivity contribution is 7.99. The van der Waals surface area contributed by atoms with E-state index in [-0.39, 0.29) is 17.7 Å². The summed E-state index contributed by atoms with van der Waals surface area (Å²) in [6.07, 6.45) is 0. The van der Waals surface area contributed by atoms with Crippen LogP contribution in [0, 0.1) is 6.92 Å². The van der Waals surface area contributed by atoms with Gasteiger partial charge in [0.25, 0.3) is 11.8 Å². The Morgan fingerprint density at radius 1 is 0.848 bits per heavy atom. The molecule has 0 unspecified atom stereocenters. The molecule has 0 N–H and O–H groups in total. The minimum absolute atomic E-state index is 0.138. The van der Waals surface area contributed by atoms with Crippen LogP contribution in [0.5, 0.6) is 5.75 Å². The predicted octanol–water partition coefficient (Wildman–Crippen LogP) is 4.60. The fourth-order valence-electron chi connectivity index (χ4n) is 3.70. The fourth-order valence-corrected chi connectivity index (χ4v) is 4.59. The second kappa shape index (κ2) is 8.55. The van der Waals surface area contributed by atoms with E-state index in [1.54, 1.807) is 31.4 Å². The van der Waals surface area contributed by atoms with Crippen LogP contribution in [0.2, 0.25) is 0 Å². The molecule has 7 nitrogen and oxygen atoms in total. The zero-order valence-corrected chi connectivity index (χ0v) is 18.9. The third kappa shape index (κ3) is 3.78. The second-order valence-electron chi connectivity index (χ2n) is 7.56. The summed E-state index contributed by atoms with van der Waals surface area (Å²) in [5, 5.41) is 9.40. The Morgan fingerprint density at radius 2 is 1.48 bits per heavy atom. The molecular weight excluding hydrogens is 436 g/mol. The number of hydrogen-bond acceptors (Lipinski definition) is 6. The Bertz CT molecular complexity index is 1310. The summed E-state index contributed by atoms with van der Waals surface area (Å²) in [5.41, 5.74) is 3.76. The summed E-state index contributed by atoms with van der Waals surface area (Å²) in [5.74, 6) is 0.963. The number of carbonyl (C=O) groups excluding carboxylic acids is 2. The number of aryl methyl sites for hydroxylation is 1. The van der Waals surface area contributed by atoms with Gasteiger partial charge in [0, 0.05) is 11.3 Å². The Hall–Kier alpha value is -3.91. The first-order valence-electron chi connectivity index (χ1n) is 10.3. The number of ether oxygens (including phenoxy) is 1. The van der Waals surface area contributed by atoms with Crippen LogP contribution in [0.15, 0.2) is 78.0 Å². The van der Waals surface area contributed by atoms with Gasteiger partial charge in [-0.2, -0.15) is 0 Å². The fraction of sp³-hybridized carbons (Fsp3) is 0.120. The number of carbonyl (C=O) groups is 2. The van der Waals surface area contributed by atoms with Crippen LogP contribution in [0.25, 0.3) is 17.1 Å². The quantitative estimate of drug-likeness (QED) is 0.312. The maximum absolute atomic E-state index is 12.7. The van der Waals surface area contributed by atoms with Gasteiger partial charge in [-0.25, -0.2) is 0 Å². The van der Waals surface area contributed by atoms with E-state index in [9.17, 15) is 9.59 Å². The Labute approximate surface area is 195 Å². The van der Waals surface area contributed by atoms with E-state index in [0.29, 0.717) is 22.1 Å². The van der Waals surface area contributed by atoms with Crippen molar-refractivity contribution in [3.63, 3.8) is 0 Å². The average Bonchev–Trinajstić information content (AvgIpc) is 3.38. The van der Waals surface area contributed by atoms with E-state index >= 15 is 0 Å². The van der Waals surface area contributed by atoms with E-state index in [2.05, 4.69) is 10.2 Å². The number of imide groups is 1. The van der Waals surface area contributed by atoms with Crippen molar-refractivity contribution in [3.05, 3.63) is 89.5 Å². The van der Waals surface area contributed by atoms with Crippen LogP contribution < -0.4 is 4.74 Å². The molecule has 0 radical (unpaired) electrons. The monoisotopic (exact) mass is 456 g/mol. The zero-order valence-electron chi connectivity index (χ0n) is 18.1. The number of aromatic nitrogens is 3. The maximum atomic E-state index is 12.7. The second-order valence-corrected chi connectivity index (χ2v) is 8.48. The number of rotatable bonds is 6. The third-order valence-electron chi connectivity index (χ3n) is 5.47. The van der Waals surface area contributed by atoms with Gasteiger partial charge in [-0.05, 0) is 55.5 Å². The minimum Gasteiger partial charge on any atom is -0.497 e. The van der Waals surface area contributed by atoms with Gasteiger partial charge < -0.3 is 4.74 Å². The van der Waals surface area contributed by atoms with Crippen LogP contribution in [0.1, 0.15) is 26.3 Å². The van der Waals surface area contributed by atoms with Crippen LogP contribution in [-0.4, -0.2) is 44.5 Å². The van der Waals surface area contributed by atoms with E-state index in [1.807, 2.05) is 60.0 Å². The number of nitrogens with zero attached hydrogens (tertiary/aromatic N) is 4. The van der Waals surface area contributed by atoms with Gasteiger partial charge in [-0.15, -0.1) is 10.2 Å². The van der Waals surface area contributed by atoms with Crippen LogP contribution in [-0.2, 0) is 0 Å². The molecule has 1 aromatic heterocycles. The third-order valence-corrected chi connectivity index (χ3v) is 6.38. The van der Waals surface area contributed by atoms with Crippen molar-refractivity contribution in [1.82, 2.24) is 19.7 Å². The normalized spacial score (nSPS) is 12.8. The molecule has 1 aliphatic rings. The number of amides is 2. The van der Waals surface area contributed by atoms with Crippen molar-refractivity contribution >= 4 is 23.6 Å². The highest BCUT2D eigenvalue weighted by atomic mass is 32.2. The summed E-state index contributed by atoms with van der Waals surface area (Å²) in [6.45, 7) is 2.03. The molecule has 2 heterocycles. The number of fused-ring (bicyclic) bond motifs is 1. The van der Waals surface area contributed by atoms with Crippen LogP contribution in [0.3, 0.4) is 0 Å². The molecular formula is C25H20N4O3S. The number of benzene rings is 3. The molecule has 0 aliphatic carbocycles. The minimum atomic E-state index is -0.292. The smallest absolute Gasteiger partial charge is 0.262 e. The highest BCUT2D eigenvalue weighted by Gasteiger charge is 2.35. The molecule has 8 heteroatoms. The van der Waals surface area contributed by atoms with Gasteiger partial charge in [0.05, 0.1) is 24.1 Å². The lowest BCUT2D eigenvalue weighted by atomic mass is 10.1. The maximum Gasteiger partial charge on any atom is 0.262 e. The van der Waals surface area contributed by atoms with Crippen molar-refractivity contribution in [1.29, 1.82) is 0 Å². The van der Waals surface area contributed by atoms with Gasteiger partial charge in [0.1, 0.15) is 5.75 Å². The molecule has 0 fully saturated rings. The van der Waals surface area contributed by atoms with Crippen molar-refractivity contribution in [2.75, 3.05) is 13.0 Å².